The van der Waals surface area contributed by atoms with Crippen LogP contribution in [0.1, 0.15) is 0 Å². The molecule has 4 aromatic rings. The second-order valence-corrected chi connectivity index (χ2v) is 5.44. The molecule has 0 atom stereocenters. The SMILES string of the molecule is Clc1cc2[nH]cnc2nc1-c1ccc(-c2ccccc2)cc1. The Hall–Kier alpha value is -2.65. The number of fused-ring (bicyclic) bond motifs is 1. The number of aromatic amines is 1. The first-order valence-electron chi connectivity index (χ1n) is 6.97. The van der Waals surface area contributed by atoms with Crippen LogP contribution >= 0.6 is 11.6 Å². The van der Waals surface area contributed by atoms with Gasteiger partial charge in [-0.3, -0.25) is 0 Å². The van der Waals surface area contributed by atoms with Crippen molar-refractivity contribution in [2.45, 2.75) is 0 Å². The van der Waals surface area contributed by atoms with E-state index < -0.39 is 0 Å². The molecule has 0 saturated carbocycles. The molecule has 0 spiro atoms. The average molecular weight is 306 g/mol. The van der Waals surface area contributed by atoms with Gasteiger partial charge in [-0.2, -0.15) is 0 Å². The first kappa shape index (κ1) is 13.0. The number of nitrogens with one attached hydrogen (secondary N) is 1. The molecule has 2 aromatic carbocycles. The molecule has 0 aliphatic rings. The minimum absolute atomic E-state index is 0.615. The van der Waals surface area contributed by atoms with Crippen molar-refractivity contribution in [1.82, 2.24) is 15.0 Å². The Labute approximate surface area is 132 Å². The zero-order valence-electron chi connectivity index (χ0n) is 11.6. The zero-order valence-corrected chi connectivity index (χ0v) is 12.4. The lowest BCUT2D eigenvalue weighted by molar-refractivity contribution is 1.30. The molecule has 0 bridgehead atoms. The maximum absolute atomic E-state index is 6.34. The molecule has 0 saturated heterocycles. The van der Waals surface area contributed by atoms with E-state index in [4.69, 9.17) is 11.6 Å². The topological polar surface area (TPSA) is 41.6 Å². The normalized spacial score (nSPS) is 11.0. The second-order valence-electron chi connectivity index (χ2n) is 5.04. The number of halogens is 1. The van der Waals surface area contributed by atoms with Crippen LogP contribution in [0.4, 0.5) is 0 Å². The van der Waals surface area contributed by atoms with Crippen LogP contribution in [0.5, 0.6) is 0 Å². The van der Waals surface area contributed by atoms with E-state index in [0.29, 0.717) is 10.7 Å². The van der Waals surface area contributed by atoms with Crippen molar-refractivity contribution in [3.63, 3.8) is 0 Å². The van der Waals surface area contributed by atoms with Gasteiger partial charge in [0.1, 0.15) is 0 Å². The Morgan fingerprint density at radius 3 is 2.27 bits per heavy atom. The molecule has 4 heteroatoms. The monoisotopic (exact) mass is 305 g/mol. The summed E-state index contributed by atoms with van der Waals surface area (Å²) in [4.78, 5) is 11.7. The standard InChI is InChI=1S/C18H12ClN3/c19-15-10-16-18(21-11-20-16)22-17(15)14-8-6-13(7-9-14)12-4-2-1-3-5-12/h1-11H,(H,20,21,22). The molecule has 0 aliphatic carbocycles. The molecule has 0 amide bonds. The van der Waals surface area contributed by atoms with Gasteiger partial charge in [0, 0.05) is 5.56 Å². The van der Waals surface area contributed by atoms with Crippen LogP contribution in [-0.4, -0.2) is 15.0 Å². The number of rotatable bonds is 2. The molecule has 22 heavy (non-hydrogen) atoms. The lowest BCUT2D eigenvalue weighted by Gasteiger charge is -2.06. The van der Waals surface area contributed by atoms with Gasteiger partial charge in [0.15, 0.2) is 5.65 Å². The summed E-state index contributed by atoms with van der Waals surface area (Å²) in [5.74, 6) is 0. The number of H-pyrrole nitrogens is 1. The number of imidazole rings is 1. The predicted octanol–water partition coefficient (Wildman–Crippen LogP) is 4.95. The third-order valence-electron chi connectivity index (χ3n) is 3.63. The summed E-state index contributed by atoms with van der Waals surface area (Å²) in [6, 6.07) is 20.4. The average Bonchev–Trinajstić information content (AvgIpc) is 3.02. The number of hydrogen-bond acceptors (Lipinski definition) is 2. The van der Waals surface area contributed by atoms with Crippen molar-refractivity contribution in [3.8, 4) is 22.4 Å². The number of pyridine rings is 1. The highest BCUT2D eigenvalue weighted by atomic mass is 35.5. The number of benzene rings is 2. The maximum atomic E-state index is 6.34. The third-order valence-corrected chi connectivity index (χ3v) is 3.92. The second kappa shape index (κ2) is 5.28. The van der Waals surface area contributed by atoms with Gasteiger partial charge in [0.05, 0.1) is 22.6 Å². The van der Waals surface area contributed by atoms with Gasteiger partial charge in [-0.25, -0.2) is 9.97 Å². The first-order chi connectivity index (χ1) is 10.8. The van der Waals surface area contributed by atoms with Gasteiger partial charge >= 0.3 is 0 Å². The molecule has 0 aliphatic heterocycles. The van der Waals surface area contributed by atoms with E-state index in [-0.39, 0.29) is 0 Å². The fourth-order valence-electron chi connectivity index (χ4n) is 2.50. The van der Waals surface area contributed by atoms with E-state index in [1.165, 1.54) is 11.1 Å². The van der Waals surface area contributed by atoms with Gasteiger partial charge in [-0.1, -0.05) is 66.2 Å². The van der Waals surface area contributed by atoms with E-state index >= 15 is 0 Å². The zero-order chi connectivity index (χ0) is 14.9. The summed E-state index contributed by atoms with van der Waals surface area (Å²) in [6.07, 6.45) is 1.62. The minimum Gasteiger partial charge on any atom is -0.343 e. The van der Waals surface area contributed by atoms with Crippen LogP contribution in [-0.2, 0) is 0 Å². The Morgan fingerprint density at radius 2 is 1.50 bits per heavy atom. The molecule has 4 rings (SSSR count). The van der Waals surface area contributed by atoms with Gasteiger partial charge in [0.25, 0.3) is 0 Å². The molecule has 106 valence electrons. The molecule has 3 nitrogen and oxygen atoms in total. The molecule has 0 unspecified atom stereocenters. The molecular weight excluding hydrogens is 294 g/mol. The number of nitrogens with zero attached hydrogens (tertiary/aromatic N) is 2. The van der Waals surface area contributed by atoms with Crippen molar-refractivity contribution in [2.75, 3.05) is 0 Å². The highest BCUT2D eigenvalue weighted by Crippen LogP contribution is 2.30. The smallest absolute Gasteiger partial charge is 0.178 e. The van der Waals surface area contributed by atoms with E-state index in [2.05, 4.69) is 39.2 Å². The van der Waals surface area contributed by atoms with Gasteiger partial charge < -0.3 is 4.98 Å². The van der Waals surface area contributed by atoms with Crippen molar-refractivity contribution in [1.29, 1.82) is 0 Å². The summed E-state index contributed by atoms with van der Waals surface area (Å²) in [6.45, 7) is 0. The van der Waals surface area contributed by atoms with E-state index in [9.17, 15) is 0 Å². The summed E-state index contributed by atoms with van der Waals surface area (Å²) in [5, 5.41) is 0.615. The van der Waals surface area contributed by atoms with Crippen LogP contribution in [0.15, 0.2) is 67.0 Å². The van der Waals surface area contributed by atoms with Gasteiger partial charge in [-0.15, -0.1) is 0 Å². The van der Waals surface area contributed by atoms with Gasteiger partial charge in [0.2, 0.25) is 0 Å². The predicted molar refractivity (Wildman–Crippen MR) is 89.8 cm³/mol. The highest BCUT2D eigenvalue weighted by Gasteiger charge is 2.09. The highest BCUT2D eigenvalue weighted by molar-refractivity contribution is 6.33. The fraction of sp³-hybridized carbons (Fsp3) is 0. The lowest BCUT2D eigenvalue weighted by atomic mass is 10.0. The largest absolute Gasteiger partial charge is 0.343 e. The van der Waals surface area contributed by atoms with Gasteiger partial charge in [-0.05, 0) is 17.2 Å². The maximum Gasteiger partial charge on any atom is 0.178 e. The Bertz CT molecular complexity index is 928. The van der Waals surface area contributed by atoms with Crippen LogP contribution in [0.2, 0.25) is 5.02 Å². The van der Waals surface area contributed by atoms with Crippen LogP contribution in [0, 0.1) is 0 Å². The molecule has 2 heterocycles. The summed E-state index contributed by atoms with van der Waals surface area (Å²) >= 11 is 6.34. The number of hydrogen-bond donors (Lipinski definition) is 1. The Morgan fingerprint density at radius 1 is 0.818 bits per heavy atom. The molecule has 0 fully saturated rings. The van der Waals surface area contributed by atoms with E-state index in [0.717, 1.165) is 16.8 Å². The van der Waals surface area contributed by atoms with E-state index in [1.54, 1.807) is 6.33 Å². The minimum atomic E-state index is 0.615. The first-order valence-corrected chi connectivity index (χ1v) is 7.34. The Kier molecular flexibility index (Phi) is 3.13. The molecular formula is C18H12ClN3. The van der Waals surface area contributed by atoms with Crippen molar-refractivity contribution < 1.29 is 0 Å². The van der Waals surface area contributed by atoms with Crippen LogP contribution in [0.3, 0.4) is 0 Å². The molecule has 0 radical (unpaired) electrons. The molecule has 2 aromatic heterocycles. The van der Waals surface area contributed by atoms with Crippen molar-refractivity contribution in [2.24, 2.45) is 0 Å². The van der Waals surface area contributed by atoms with Crippen LogP contribution < -0.4 is 0 Å². The van der Waals surface area contributed by atoms with Crippen molar-refractivity contribution in [3.05, 3.63) is 72.0 Å². The summed E-state index contributed by atoms with van der Waals surface area (Å²) < 4.78 is 0. The Balaban J connectivity index is 1.77. The summed E-state index contributed by atoms with van der Waals surface area (Å²) in [7, 11) is 0. The fourth-order valence-corrected chi connectivity index (χ4v) is 2.76. The van der Waals surface area contributed by atoms with Crippen LogP contribution in [0.25, 0.3) is 33.5 Å². The lowest BCUT2D eigenvalue weighted by Crippen LogP contribution is -1.87. The third kappa shape index (κ3) is 2.26. The van der Waals surface area contributed by atoms with E-state index in [1.807, 2.05) is 36.4 Å². The van der Waals surface area contributed by atoms with Crippen molar-refractivity contribution >= 4 is 22.8 Å². The quantitative estimate of drug-likeness (QED) is 0.569. The summed E-state index contributed by atoms with van der Waals surface area (Å²) in [5.41, 5.74) is 5.61. The molecule has 1 N–H and O–H groups in total. The number of aromatic nitrogens is 3.